The van der Waals surface area contributed by atoms with Crippen molar-refractivity contribution < 1.29 is 4.39 Å². The largest absolute Gasteiger partial charge is 0.300 e. The smallest absolute Gasteiger partial charge is 0.102 e. The quantitative estimate of drug-likeness (QED) is 0.646. The first-order valence-corrected chi connectivity index (χ1v) is 5.34. The van der Waals surface area contributed by atoms with Crippen LogP contribution in [0.3, 0.4) is 0 Å². The number of rotatable bonds is 3. The second-order valence-corrected chi connectivity index (χ2v) is 4.19. The highest BCUT2D eigenvalue weighted by atomic mass is 32.2. The normalized spacial score (nSPS) is 25.9. The molecule has 0 aliphatic carbocycles. The molecule has 0 aromatic heterocycles. The summed E-state index contributed by atoms with van der Waals surface area (Å²) in [5.41, 5.74) is 0. The zero-order valence-corrected chi connectivity index (χ0v) is 7.87. The molecule has 3 heteroatoms. The molecule has 0 N–H and O–H groups in total. The minimum Gasteiger partial charge on any atom is -0.300 e. The van der Waals surface area contributed by atoms with E-state index in [9.17, 15) is 4.39 Å². The van der Waals surface area contributed by atoms with E-state index >= 15 is 0 Å². The molecule has 0 spiro atoms. The predicted molar refractivity (Wildman–Crippen MR) is 49.0 cm³/mol. The lowest BCUT2D eigenvalue weighted by Gasteiger charge is -2.29. The lowest BCUT2D eigenvalue weighted by atomic mass is 10.1. The molecule has 1 aliphatic heterocycles. The van der Waals surface area contributed by atoms with Gasteiger partial charge in [-0.2, -0.15) is 11.8 Å². The van der Waals surface area contributed by atoms with Crippen molar-refractivity contribution in [3.63, 3.8) is 0 Å². The Morgan fingerprint density at radius 2 is 2.45 bits per heavy atom. The van der Waals surface area contributed by atoms with Gasteiger partial charge in [-0.3, -0.25) is 0 Å². The molecule has 0 saturated carbocycles. The van der Waals surface area contributed by atoms with Gasteiger partial charge in [-0.1, -0.05) is 0 Å². The van der Waals surface area contributed by atoms with Gasteiger partial charge in [0.25, 0.3) is 0 Å². The maximum absolute atomic E-state index is 12.0. The van der Waals surface area contributed by atoms with Crippen LogP contribution >= 0.6 is 11.8 Å². The van der Waals surface area contributed by atoms with Crippen LogP contribution in [0.1, 0.15) is 12.8 Å². The van der Waals surface area contributed by atoms with Gasteiger partial charge >= 0.3 is 0 Å². The maximum atomic E-state index is 12.0. The van der Waals surface area contributed by atoms with Gasteiger partial charge in [0.05, 0.1) is 0 Å². The van der Waals surface area contributed by atoms with Crippen molar-refractivity contribution in [2.24, 2.45) is 0 Å². The van der Waals surface area contributed by atoms with Crippen LogP contribution in [0.5, 0.6) is 0 Å². The van der Waals surface area contributed by atoms with E-state index in [-0.39, 0.29) is 6.67 Å². The molecule has 1 heterocycles. The van der Waals surface area contributed by atoms with Crippen molar-refractivity contribution in [2.75, 3.05) is 31.8 Å². The monoisotopic (exact) mass is 177 g/mol. The number of hydrogen-bond donors (Lipinski definition) is 0. The van der Waals surface area contributed by atoms with Crippen LogP contribution in [0.15, 0.2) is 0 Å². The third-order valence-corrected chi connectivity index (χ3v) is 3.39. The maximum Gasteiger partial charge on any atom is 0.102 e. The van der Waals surface area contributed by atoms with Gasteiger partial charge in [-0.05, 0) is 25.6 Å². The Kier molecular flexibility index (Phi) is 4.23. The SMILES string of the molecule is CN(CCF)C1CCCSC1. The second kappa shape index (κ2) is 4.99. The van der Waals surface area contributed by atoms with Crippen molar-refractivity contribution in [1.82, 2.24) is 4.90 Å². The fourth-order valence-electron chi connectivity index (χ4n) is 1.39. The fraction of sp³-hybridized carbons (Fsp3) is 1.00. The van der Waals surface area contributed by atoms with Crippen molar-refractivity contribution in [3.8, 4) is 0 Å². The molecule has 66 valence electrons. The Morgan fingerprint density at radius 3 is 3.00 bits per heavy atom. The van der Waals surface area contributed by atoms with Crippen LogP contribution in [0.25, 0.3) is 0 Å². The summed E-state index contributed by atoms with van der Waals surface area (Å²) in [7, 11) is 2.02. The van der Waals surface area contributed by atoms with E-state index < -0.39 is 0 Å². The molecule has 1 fully saturated rings. The number of nitrogens with zero attached hydrogens (tertiary/aromatic N) is 1. The summed E-state index contributed by atoms with van der Waals surface area (Å²) in [6.45, 7) is 0.392. The average Bonchev–Trinajstić information content (AvgIpc) is 2.07. The molecular formula is C8H16FNS. The molecule has 0 aromatic rings. The van der Waals surface area contributed by atoms with Crippen molar-refractivity contribution in [2.45, 2.75) is 18.9 Å². The summed E-state index contributed by atoms with van der Waals surface area (Å²) in [6.07, 6.45) is 2.55. The highest BCUT2D eigenvalue weighted by Crippen LogP contribution is 2.20. The molecular weight excluding hydrogens is 161 g/mol. The molecule has 1 rings (SSSR count). The van der Waals surface area contributed by atoms with Crippen molar-refractivity contribution >= 4 is 11.8 Å². The summed E-state index contributed by atoms with van der Waals surface area (Å²) in [4.78, 5) is 2.14. The Bertz CT molecular complexity index is 104. The van der Waals surface area contributed by atoms with Gasteiger partial charge in [-0.15, -0.1) is 0 Å². The summed E-state index contributed by atoms with van der Waals surface area (Å²) >= 11 is 1.99. The average molecular weight is 177 g/mol. The van der Waals surface area contributed by atoms with E-state index in [1.165, 1.54) is 24.3 Å². The van der Waals surface area contributed by atoms with Crippen LogP contribution in [0, 0.1) is 0 Å². The Labute approximate surface area is 72.3 Å². The molecule has 1 aliphatic rings. The fourth-order valence-corrected chi connectivity index (χ4v) is 2.62. The number of hydrogen-bond acceptors (Lipinski definition) is 2. The summed E-state index contributed by atoms with van der Waals surface area (Å²) in [5.74, 6) is 2.48. The van der Waals surface area contributed by atoms with Gasteiger partial charge in [0.1, 0.15) is 6.67 Å². The molecule has 0 amide bonds. The first-order chi connectivity index (χ1) is 5.34. The van der Waals surface area contributed by atoms with Gasteiger partial charge in [0.15, 0.2) is 0 Å². The van der Waals surface area contributed by atoms with E-state index in [1.54, 1.807) is 0 Å². The third kappa shape index (κ3) is 2.99. The van der Waals surface area contributed by atoms with Crippen LogP contribution < -0.4 is 0 Å². The third-order valence-electron chi connectivity index (χ3n) is 2.20. The van der Waals surface area contributed by atoms with Crippen LogP contribution in [0.4, 0.5) is 4.39 Å². The highest BCUT2D eigenvalue weighted by Gasteiger charge is 2.17. The minimum atomic E-state index is -0.211. The summed E-state index contributed by atoms with van der Waals surface area (Å²) < 4.78 is 12.0. The minimum absolute atomic E-state index is 0.211. The molecule has 1 nitrogen and oxygen atoms in total. The zero-order chi connectivity index (χ0) is 8.10. The molecule has 1 atom stereocenters. The van der Waals surface area contributed by atoms with Gasteiger partial charge < -0.3 is 4.90 Å². The van der Waals surface area contributed by atoms with Crippen LogP contribution in [-0.2, 0) is 0 Å². The van der Waals surface area contributed by atoms with Crippen molar-refractivity contribution in [1.29, 1.82) is 0 Å². The first-order valence-electron chi connectivity index (χ1n) is 4.18. The highest BCUT2D eigenvalue weighted by molar-refractivity contribution is 7.99. The Balaban J connectivity index is 2.21. The van der Waals surface area contributed by atoms with E-state index in [2.05, 4.69) is 4.90 Å². The van der Waals surface area contributed by atoms with Crippen LogP contribution in [-0.4, -0.2) is 42.7 Å². The first kappa shape index (κ1) is 9.33. The molecule has 1 unspecified atom stereocenters. The van der Waals surface area contributed by atoms with E-state index in [1.807, 2.05) is 18.8 Å². The molecule has 0 radical (unpaired) electrons. The van der Waals surface area contributed by atoms with E-state index in [0.717, 1.165) is 0 Å². The molecule has 1 saturated heterocycles. The number of halogens is 1. The van der Waals surface area contributed by atoms with Crippen LogP contribution in [0.2, 0.25) is 0 Å². The topological polar surface area (TPSA) is 3.24 Å². The van der Waals surface area contributed by atoms with Gasteiger partial charge in [0, 0.05) is 18.3 Å². The zero-order valence-electron chi connectivity index (χ0n) is 7.05. The standard InChI is InChI=1S/C8H16FNS/c1-10(5-4-9)8-3-2-6-11-7-8/h8H,2-7H2,1H3. The Morgan fingerprint density at radius 1 is 1.64 bits per heavy atom. The second-order valence-electron chi connectivity index (χ2n) is 3.04. The number of thioether (sulfide) groups is 1. The van der Waals surface area contributed by atoms with E-state index in [0.29, 0.717) is 12.6 Å². The predicted octanol–water partition coefficient (Wildman–Crippen LogP) is 1.78. The van der Waals surface area contributed by atoms with Gasteiger partial charge in [0.2, 0.25) is 0 Å². The summed E-state index contributed by atoms with van der Waals surface area (Å²) in [5, 5.41) is 0. The van der Waals surface area contributed by atoms with E-state index in [4.69, 9.17) is 0 Å². The number of alkyl halides is 1. The lowest BCUT2D eigenvalue weighted by molar-refractivity contribution is 0.225. The Hall–Kier alpha value is 0.240. The molecule has 0 aromatic carbocycles. The molecule has 0 bridgehead atoms. The van der Waals surface area contributed by atoms with Crippen molar-refractivity contribution in [3.05, 3.63) is 0 Å². The van der Waals surface area contributed by atoms with Gasteiger partial charge in [-0.25, -0.2) is 4.39 Å². The summed E-state index contributed by atoms with van der Waals surface area (Å²) in [6, 6.07) is 0.629. The lowest BCUT2D eigenvalue weighted by Crippen LogP contribution is -2.37. The molecule has 11 heavy (non-hydrogen) atoms.